The van der Waals surface area contributed by atoms with Gasteiger partial charge in [-0.1, -0.05) is 12.2 Å². The normalized spacial score (nSPS) is 27.3. The average molecular weight is 277 g/mol. The van der Waals surface area contributed by atoms with E-state index in [1.165, 1.54) is 19.3 Å². The molecule has 3 heterocycles. The van der Waals surface area contributed by atoms with E-state index in [0.29, 0.717) is 22.8 Å². The predicted octanol–water partition coefficient (Wildman–Crippen LogP) is 0.784. The largest absolute Gasteiger partial charge is 0.388 e. The van der Waals surface area contributed by atoms with E-state index in [4.69, 9.17) is 18.0 Å². The summed E-state index contributed by atoms with van der Waals surface area (Å²) >= 11 is 4.98. The molecule has 2 aliphatic heterocycles. The molecule has 0 amide bonds. The van der Waals surface area contributed by atoms with Gasteiger partial charge in [0.15, 0.2) is 0 Å². The zero-order valence-electron chi connectivity index (χ0n) is 11.1. The number of anilines is 1. The van der Waals surface area contributed by atoms with E-state index in [1.54, 1.807) is 12.3 Å². The molecular formula is C13H19N5S. The van der Waals surface area contributed by atoms with Crippen molar-refractivity contribution in [2.75, 3.05) is 25.0 Å². The molecule has 2 atom stereocenters. The van der Waals surface area contributed by atoms with Gasteiger partial charge in [0.25, 0.3) is 0 Å². The van der Waals surface area contributed by atoms with Gasteiger partial charge in [-0.25, -0.2) is 9.97 Å². The molecule has 2 unspecified atom stereocenters. The molecule has 2 aliphatic rings. The highest BCUT2D eigenvalue weighted by Gasteiger charge is 2.35. The van der Waals surface area contributed by atoms with E-state index < -0.39 is 0 Å². The molecule has 2 fully saturated rings. The molecule has 1 aromatic heterocycles. The lowest BCUT2D eigenvalue weighted by Crippen LogP contribution is -2.37. The molecule has 0 saturated carbocycles. The number of rotatable bonds is 2. The van der Waals surface area contributed by atoms with E-state index >= 15 is 0 Å². The van der Waals surface area contributed by atoms with Gasteiger partial charge in [0.05, 0.1) is 0 Å². The average Bonchev–Trinajstić information content (AvgIpc) is 2.63. The van der Waals surface area contributed by atoms with Crippen LogP contribution in [0.5, 0.6) is 0 Å². The highest BCUT2D eigenvalue weighted by molar-refractivity contribution is 7.80. The van der Waals surface area contributed by atoms with Crippen LogP contribution in [0.15, 0.2) is 12.3 Å². The molecule has 0 radical (unpaired) electrons. The van der Waals surface area contributed by atoms with Crippen molar-refractivity contribution in [3.8, 4) is 0 Å². The van der Waals surface area contributed by atoms with Gasteiger partial charge < -0.3 is 10.6 Å². The highest BCUT2D eigenvalue weighted by Crippen LogP contribution is 2.29. The Morgan fingerprint density at radius 3 is 2.95 bits per heavy atom. The summed E-state index contributed by atoms with van der Waals surface area (Å²) in [6.07, 6.45) is 5.51. The minimum absolute atomic E-state index is 0.331. The summed E-state index contributed by atoms with van der Waals surface area (Å²) in [6, 6.07) is 3.10. The second-order valence-corrected chi connectivity index (χ2v) is 5.83. The van der Waals surface area contributed by atoms with Crippen LogP contribution in [0.3, 0.4) is 0 Å². The third-order valence-electron chi connectivity index (χ3n) is 4.33. The fourth-order valence-electron chi connectivity index (χ4n) is 3.13. The maximum Gasteiger partial charge on any atom is 0.225 e. The fourth-order valence-corrected chi connectivity index (χ4v) is 3.24. The molecular weight excluding hydrogens is 258 g/mol. The number of thiocarbonyl (C=S) groups is 1. The van der Waals surface area contributed by atoms with Gasteiger partial charge in [-0.2, -0.15) is 0 Å². The van der Waals surface area contributed by atoms with E-state index in [0.717, 1.165) is 19.0 Å². The first kappa shape index (κ1) is 12.7. The second-order valence-electron chi connectivity index (χ2n) is 5.39. The lowest BCUT2D eigenvalue weighted by molar-refractivity contribution is 0.254. The Hall–Kier alpha value is -1.27. The van der Waals surface area contributed by atoms with Crippen molar-refractivity contribution in [3.05, 3.63) is 18.0 Å². The number of fused-ring (bicyclic) bond motifs is 2. The zero-order chi connectivity index (χ0) is 13.4. The molecule has 2 N–H and O–H groups in total. The standard InChI is InChI=1S/C13H19N5S/c1-17-9-2-3-10(17)8-18(7-5-9)13-15-6-4-11(16-13)12(14)19/h4,6,9-10H,2-3,5,7-8H2,1H3,(H2,14,19). The third-order valence-corrected chi connectivity index (χ3v) is 4.54. The number of hydrogen-bond donors (Lipinski definition) is 1. The molecule has 0 aliphatic carbocycles. The van der Waals surface area contributed by atoms with Crippen molar-refractivity contribution in [3.63, 3.8) is 0 Å². The van der Waals surface area contributed by atoms with Crippen LogP contribution in [0, 0.1) is 0 Å². The molecule has 0 spiro atoms. The Morgan fingerprint density at radius 2 is 2.16 bits per heavy atom. The van der Waals surface area contributed by atoms with E-state index in [1.807, 2.05) is 0 Å². The van der Waals surface area contributed by atoms with Crippen LogP contribution >= 0.6 is 12.2 Å². The second kappa shape index (κ2) is 5.02. The number of nitrogens with zero attached hydrogens (tertiary/aromatic N) is 4. The van der Waals surface area contributed by atoms with Gasteiger partial charge in [0, 0.05) is 31.4 Å². The lowest BCUT2D eigenvalue weighted by Gasteiger charge is -2.25. The van der Waals surface area contributed by atoms with E-state index in [2.05, 4.69) is 26.8 Å². The summed E-state index contributed by atoms with van der Waals surface area (Å²) in [5.41, 5.74) is 6.30. The SMILES string of the molecule is CN1C2CCC1CN(c1nccc(C(N)=S)n1)CC2. The number of hydrogen-bond acceptors (Lipinski definition) is 5. The fraction of sp³-hybridized carbons (Fsp3) is 0.615. The van der Waals surface area contributed by atoms with Gasteiger partial charge >= 0.3 is 0 Å². The van der Waals surface area contributed by atoms with Crippen molar-refractivity contribution in [2.45, 2.75) is 31.3 Å². The Bertz CT molecular complexity index is 492. The first-order valence-electron chi connectivity index (χ1n) is 6.75. The topological polar surface area (TPSA) is 58.3 Å². The van der Waals surface area contributed by atoms with Crippen LogP contribution in [0.2, 0.25) is 0 Å². The number of nitrogens with two attached hydrogens (primary N) is 1. The zero-order valence-corrected chi connectivity index (χ0v) is 11.9. The minimum atomic E-state index is 0.331. The lowest BCUT2D eigenvalue weighted by atomic mass is 10.1. The summed E-state index contributed by atoms with van der Waals surface area (Å²) in [5.74, 6) is 0.756. The number of aromatic nitrogens is 2. The first-order valence-corrected chi connectivity index (χ1v) is 7.15. The molecule has 102 valence electrons. The van der Waals surface area contributed by atoms with Gasteiger partial charge in [-0.05, 0) is 32.4 Å². The highest BCUT2D eigenvalue weighted by atomic mass is 32.1. The van der Waals surface area contributed by atoms with Crippen molar-refractivity contribution < 1.29 is 0 Å². The van der Waals surface area contributed by atoms with Gasteiger partial charge in [-0.15, -0.1) is 0 Å². The molecule has 6 heteroatoms. The molecule has 3 rings (SSSR count). The van der Waals surface area contributed by atoms with Crippen LogP contribution < -0.4 is 10.6 Å². The van der Waals surface area contributed by atoms with Crippen LogP contribution in [-0.4, -0.2) is 52.1 Å². The van der Waals surface area contributed by atoms with E-state index in [9.17, 15) is 0 Å². The molecule has 0 aromatic carbocycles. The van der Waals surface area contributed by atoms with Crippen molar-refractivity contribution in [1.82, 2.24) is 14.9 Å². The monoisotopic (exact) mass is 277 g/mol. The molecule has 5 nitrogen and oxygen atoms in total. The third kappa shape index (κ3) is 2.42. The van der Waals surface area contributed by atoms with Crippen molar-refractivity contribution in [2.24, 2.45) is 5.73 Å². The first-order chi connectivity index (χ1) is 9.15. The Morgan fingerprint density at radius 1 is 1.37 bits per heavy atom. The summed E-state index contributed by atoms with van der Waals surface area (Å²) in [7, 11) is 2.23. The summed E-state index contributed by atoms with van der Waals surface area (Å²) < 4.78 is 0. The minimum Gasteiger partial charge on any atom is -0.388 e. The number of likely N-dealkylation sites (N-methyl/N-ethyl adjacent to an activating group) is 1. The summed E-state index contributed by atoms with van der Waals surface area (Å²) in [4.78, 5) is 14.0. The van der Waals surface area contributed by atoms with Crippen molar-refractivity contribution >= 4 is 23.2 Å². The molecule has 2 bridgehead atoms. The van der Waals surface area contributed by atoms with Crippen molar-refractivity contribution in [1.29, 1.82) is 0 Å². The van der Waals surface area contributed by atoms with Gasteiger partial charge in [0.1, 0.15) is 10.7 Å². The smallest absolute Gasteiger partial charge is 0.225 e. The van der Waals surface area contributed by atoms with Gasteiger partial charge in [0.2, 0.25) is 5.95 Å². The molecule has 19 heavy (non-hydrogen) atoms. The van der Waals surface area contributed by atoms with Crippen LogP contribution in [-0.2, 0) is 0 Å². The Labute approximate surface area is 118 Å². The molecule has 2 saturated heterocycles. The summed E-state index contributed by atoms with van der Waals surface area (Å²) in [6.45, 7) is 2.00. The quantitative estimate of drug-likeness (QED) is 0.806. The van der Waals surface area contributed by atoms with E-state index in [-0.39, 0.29) is 0 Å². The Kier molecular flexibility index (Phi) is 3.36. The van der Waals surface area contributed by atoms with Crippen LogP contribution in [0.1, 0.15) is 25.0 Å². The summed E-state index contributed by atoms with van der Waals surface area (Å²) in [5, 5.41) is 0. The Balaban J connectivity index is 1.82. The van der Waals surface area contributed by atoms with Gasteiger partial charge in [-0.3, -0.25) is 4.90 Å². The van der Waals surface area contributed by atoms with Crippen LogP contribution in [0.25, 0.3) is 0 Å². The maximum absolute atomic E-state index is 5.64. The predicted molar refractivity (Wildman–Crippen MR) is 79.3 cm³/mol. The molecule has 1 aromatic rings. The maximum atomic E-state index is 5.64. The van der Waals surface area contributed by atoms with Crippen LogP contribution in [0.4, 0.5) is 5.95 Å².